The van der Waals surface area contributed by atoms with E-state index in [2.05, 4.69) is 33.4 Å². The molecule has 0 aromatic heterocycles. The van der Waals surface area contributed by atoms with Gasteiger partial charge in [0.25, 0.3) is 0 Å². The van der Waals surface area contributed by atoms with E-state index in [9.17, 15) is 4.39 Å². The number of hydrogen-bond acceptors (Lipinski definition) is 1. The van der Waals surface area contributed by atoms with Crippen molar-refractivity contribution in [3.8, 4) is 0 Å². The van der Waals surface area contributed by atoms with Crippen molar-refractivity contribution < 1.29 is 4.39 Å². The van der Waals surface area contributed by atoms with Crippen LogP contribution in [0.5, 0.6) is 0 Å². The van der Waals surface area contributed by atoms with E-state index in [1.807, 2.05) is 19.2 Å². The SMILES string of the molecule is CNC(c1cc(Cl)c(Br)cc1F)C1Cc2ccccc21. The van der Waals surface area contributed by atoms with Crippen molar-refractivity contribution in [3.63, 3.8) is 0 Å². The van der Waals surface area contributed by atoms with Gasteiger partial charge in [-0.15, -0.1) is 0 Å². The molecule has 4 heteroatoms. The summed E-state index contributed by atoms with van der Waals surface area (Å²) in [6.07, 6.45) is 0.967. The standard InChI is InChI=1S/C16H14BrClFN/c1-20-16(11-6-9-4-2-3-5-10(9)11)12-7-14(18)13(17)8-15(12)19/h2-5,7-8,11,16,20H,6H2,1H3. The molecule has 3 rings (SSSR count). The summed E-state index contributed by atoms with van der Waals surface area (Å²) in [5.41, 5.74) is 3.27. The Bertz CT molecular complexity index is 659. The normalized spacial score (nSPS) is 18.3. The Kier molecular flexibility index (Phi) is 3.85. The Labute approximate surface area is 131 Å². The number of fused-ring (bicyclic) bond motifs is 1. The summed E-state index contributed by atoms with van der Waals surface area (Å²) in [7, 11) is 1.86. The van der Waals surface area contributed by atoms with Crippen molar-refractivity contribution in [2.75, 3.05) is 7.05 Å². The summed E-state index contributed by atoms with van der Waals surface area (Å²) in [5, 5.41) is 3.77. The predicted molar refractivity (Wildman–Crippen MR) is 83.8 cm³/mol. The smallest absolute Gasteiger partial charge is 0.129 e. The summed E-state index contributed by atoms with van der Waals surface area (Å²) in [6, 6.07) is 11.4. The molecule has 1 aliphatic carbocycles. The molecule has 2 unspecified atom stereocenters. The molecular weight excluding hydrogens is 341 g/mol. The van der Waals surface area contributed by atoms with E-state index in [1.165, 1.54) is 17.2 Å². The van der Waals surface area contributed by atoms with Crippen LogP contribution in [0, 0.1) is 5.82 Å². The van der Waals surface area contributed by atoms with Crippen LogP contribution in [0.2, 0.25) is 5.02 Å². The number of nitrogens with one attached hydrogen (secondary N) is 1. The molecule has 0 radical (unpaired) electrons. The van der Waals surface area contributed by atoms with Gasteiger partial charge in [0, 0.05) is 22.0 Å². The van der Waals surface area contributed by atoms with Gasteiger partial charge >= 0.3 is 0 Å². The second-order valence-corrected chi connectivity index (χ2v) is 6.33. The van der Waals surface area contributed by atoms with E-state index < -0.39 is 0 Å². The van der Waals surface area contributed by atoms with E-state index in [4.69, 9.17) is 11.6 Å². The lowest BCUT2D eigenvalue weighted by Gasteiger charge is -2.37. The molecule has 2 aromatic carbocycles. The molecule has 0 fully saturated rings. The van der Waals surface area contributed by atoms with Gasteiger partial charge in [0.1, 0.15) is 5.82 Å². The van der Waals surface area contributed by atoms with Crippen molar-refractivity contribution in [3.05, 3.63) is 68.4 Å². The molecule has 1 N–H and O–H groups in total. The van der Waals surface area contributed by atoms with Crippen LogP contribution in [-0.4, -0.2) is 7.05 Å². The van der Waals surface area contributed by atoms with Gasteiger partial charge in [0.05, 0.1) is 5.02 Å². The predicted octanol–water partition coefficient (Wildman–Crippen LogP) is 4.84. The number of likely N-dealkylation sites (N-methyl/N-ethyl adjacent to an activating group) is 1. The van der Waals surface area contributed by atoms with E-state index in [0.717, 1.165) is 6.42 Å². The molecular formula is C16H14BrClFN. The van der Waals surface area contributed by atoms with E-state index in [-0.39, 0.29) is 11.9 Å². The third kappa shape index (κ3) is 2.28. The molecule has 1 nitrogen and oxygen atoms in total. The summed E-state index contributed by atoms with van der Waals surface area (Å²) in [6.45, 7) is 0. The van der Waals surface area contributed by atoms with Crippen LogP contribution in [0.3, 0.4) is 0 Å². The van der Waals surface area contributed by atoms with Crippen molar-refractivity contribution in [2.45, 2.75) is 18.4 Å². The lowest BCUT2D eigenvalue weighted by Crippen LogP contribution is -2.32. The van der Waals surface area contributed by atoms with Gasteiger partial charge in [-0.3, -0.25) is 0 Å². The van der Waals surface area contributed by atoms with Crippen LogP contribution in [0.25, 0.3) is 0 Å². The van der Waals surface area contributed by atoms with Gasteiger partial charge < -0.3 is 5.32 Å². The Morgan fingerprint density at radius 2 is 2.10 bits per heavy atom. The first-order chi connectivity index (χ1) is 9.61. The number of rotatable bonds is 3. The number of hydrogen-bond donors (Lipinski definition) is 1. The average Bonchev–Trinajstić information content (AvgIpc) is 2.41. The van der Waals surface area contributed by atoms with Crippen molar-refractivity contribution in [1.29, 1.82) is 0 Å². The van der Waals surface area contributed by atoms with Crippen molar-refractivity contribution in [1.82, 2.24) is 5.32 Å². The molecule has 0 bridgehead atoms. The first-order valence-electron chi connectivity index (χ1n) is 6.51. The maximum Gasteiger partial charge on any atom is 0.129 e. The van der Waals surface area contributed by atoms with Crippen molar-refractivity contribution in [2.24, 2.45) is 0 Å². The fourth-order valence-electron chi connectivity index (χ4n) is 2.94. The second-order valence-electron chi connectivity index (χ2n) is 5.06. The Morgan fingerprint density at radius 1 is 1.35 bits per heavy atom. The molecule has 0 saturated heterocycles. The molecule has 0 spiro atoms. The van der Waals surface area contributed by atoms with Crippen LogP contribution < -0.4 is 5.32 Å². The summed E-state index contributed by atoms with van der Waals surface area (Å²) in [4.78, 5) is 0. The van der Waals surface area contributed by atoms with Gasteiger partial charge in [0.2, 0.25) is 0 Å². The van der Waals surface area contributed by atoms with E-state index in [0.29, 0.717) is 21.0 Å². The lowest BCUT2D eigenvalue weighted by molar-refractivity contribution is 0.422. The molecule has 1 aliphatic rings. The van der Waals surface area contributed by atoms with Crippen molar-refractivity contribution >= 4 is 27.5 Å². The minimum atomic E-state index is -0.231. The molecule has 2 aromatic rings. The van der Waals surface area contributed by atoms with E-state index in [1.54, 1.807) is 6.07 Å². The molecule has 0 saturated carbocycles. The topological polar surface area (TPSA) is 12.0 Å². The van der Waals surface area contributed by atoms with Crippen LogP contribution >= 0.6 is 27.5 Å². The maximum atomic E-state index is 14.2. The van der Waals surface area contributed by atoms with Crippen LogP contribution in [0.4, 0.5) is 4.39 Å². The molecule has 104 valence electrons. The second kappa shape index (κ2) is 5.47. The van der Waals surface area contributed by atoms with Gasteiger partial charge in [-0.25, -0.2) is 4.39 Å². The summed E-state index contributed by atoms with van der Waals surface area (Å²) in [5.74, 6) is 0.0629. The van der Waals surface area contributed by atoms with Gasteiger partial charge in [-0.2, -0.15) is 0 Å². The maximum absolute atomic E-state index is 14.2. The molecule has 0 aliphatic heterocycles. The van der Waals surface area contributed by atoms with Crippen LogP contribution in [-0.2, 0) is 6.42 Å². The average molecular weight is 355 g/mol. The highest BCUT2D eigenvalue weighted by Crippen LogP contribution is 2.44. The quantitative estimate of drug-likeness (QED) is 0.778. The Morgan fingerprint density at radius 3 is 2.80 bits per heavy atom. The first-order valence-corrected chi connectivity index (χ1v) is 7.68. The summed E-state index contributed by atoms with van der Waals surface area (Å²) >= 11 is 9.36. The highest BCUT2D eigenvalue weighted by molar-refractivity contribution is 9.10. The van der Waals surface area contributed by atoms with Crippen LogP contribution in [0.15, 0.2) is 40.9 Å². The summed E-state index contributed by atoms with van der Waals surface area (Å²) < 4.78 is 14.8. The fraction of sp³-hybridized carbons (Fsp3) is 0.250. The van der Waals surface area contributed by atoms with Gasteiger partial charge in [-0.1, -0.05) is 35.9 Å². The van der Waals surface area contributed by atoms with E-state index >= 15 is 0 Å². The largest absolute Gasteiger partial charge is 0.312 e. The third-order valence-electron chi connectivity index (χ3n) is 3.98. The Balaban J connectivity index is 1.98. The monoisotopic (exact) mass is 353 g/mol. The molecule has 20 heavy (non-hydrogen) atoms. The zero-order valence-corrected chi connectivity index (χ0v) is 13.3. The zero-order chi connectivity index (χ0) is 14.3. The number of halogens is 3. The highest BCUT2D eigenvalue weighted by atomic mass is 79.9. The lowest BCUT2D eigenvalue weighted by atomic mass is 9.71. The third-order valence-corrected chi connectivity index (χ3v) is 5.18. The van der Waals surface area contributed by atoms with Gasteiger partial charge in [0.15, 0.2) is 0 Å². The minimum Gasteiger partial charge on any atom is -0.312 e. The first kappa shape index (κ1) is 14.1. The fourth-order valence-corrected chi connectivity index (χ4v) is 3.43. The Hall–Kier alpha value is -0.900. The van der Waals surface area contributed by atoms with Gasteiger partial charge in [-0.05, 0) is 52.7 Å². The molecule has 0 heterocycles. The minimum absolute atomic E-state index is 0.0597. The molecule has 0 amide bonds. The van der Waals surface area contributed by atoms with Crippen LogP contribution in [0.1, 0.15) is 28.7 Å². The molecule has 2 atom stereocenters. The highest BCUT2D eigenvalue weighted by Gasteiger charge is 2.34. The zero-order valence-electron chi connectivity index (χ0n) is 11.0. The number of benzene rings is 2.